The Morgan fingerprint density at radius 1 is 1.10 bits per heavy atom. The van der Waals surface area contributed by atoms with Crippen molar-refractivity contribution in [2.75, 3.05) is 19.5 Å². The maximum Gasteiger partial charge on any atom is 0.175 e. The van der Waals surface area contributed by atoms with Crippen molar-refractivity contribution in [3.8, 4) is 11.5 Å². The number of halogens is 1. The molecule has 0 aliphatic heterocycles. The van der Waals surface area contributed by atoms with Crippen LogP contribution in [0, 0.1) is 0 Å². The molecule has 0 heterocycles. The molecule has 0 aliphatic carbocycles. The third-order valence-electron chi connectivity index (χ3n) is 2.99. The first-order valence-electron chi connectivity index (χ1n) is 6.50. The average molecular weight is 336 g/mol. The molecule has 0 atom stereocenters. The molecule has 2 rings (SSSR count). The van der Waals surface area contributed by atoms with E-state index in [2.05, 4.69) is 15.9 Å². The van der Waals surface area contributed by atoms with Crippen molar-refractivity contribution >= 4 is 21.6 Å². The molecule has 0 radical (unpaired) electrons. The van der Waals surface area contributed by atoms with E-state index in [4.69, 9.17) is 15.2 Å². The van der Waals surface area contributed by atoms with Crippen molar-refractivity contribution in [2.24, 2.45) is 0 Å². The van der Waals surface area contributed by atoms with Gasteiger partial charge in [0, 0.05) is 5.69 Å². The summed E-state index contributed by atoms with van der Waals surface area (Å²) in [6.07, 6.45) is 1.90. The van der Waals surface area contributed by atoms with Crippen molar-refractivity contribution in [1.82, 2.24) is 0 Å². The molecule has 0 amide bonds. The Morgan fingerprint density at radius 2 is 1.85 bits per heavy atom. The minimum absolute atomic E-state index is 0.642. The van der Waals surface area contributed by atoms with Crippen LogP contribution in [0.25, 0.3) is 0 Å². The van der Waals surface area contributed by atoms with E-state index >= 15 is 0 Å². The van der Waals surface area contributed by atoms with Gasteiger partial charge in [0.1, 0.15) is 0 Å². The van der Waals surface area contributed by atoms with Gasteiger partial charge in [0.05, 0.1) is 18.2 Å². The fourth-order valence-corrected chi connectivity index (χ4v) is 2.39. The van der Waals surface area contributed by atoms with Gasteiger partial charge in [-0.3, -0.25) is 0 Å². The number of aryl methyl sites for hydroxylation is 1. The molecule has 0 spiro atoms. The molecule has 0 aliphatic rings. The van der Waals surface area contributed by atoms with E-state index in [9.17, 15) is 0 Å². The number of hydrogen-bond donors (Lipinski definition) is 1. The summed E-state index contributed by atoms with van der Waals surface area (Å²) in [6, 6.07) is 13.7. The van der Waals surface area contributed by atoms with Crippen LogP contribution < -0.4 is 15.2 Å². The Balaban J connectivity index is 1.86. The fraction of sp³-hybridized carbons (Fsp3) is 0.250. The van der Waals surface area contributed by atoms with Gasteiger partial charge >= 0.3 is 0 Å². The third-order valence-corrected chi connectivity index (χ3v) is 3.61. The molecular formula is C16H18BrNO2. The normalized spacial score (nSPS) is 10.3. The summed E-state index contributed by atoms with van der Waals surface area (Å²) in [5, 5.41) is 0. The lowest BCUT2D eigenvalue weighted by Gasteiger charge is -2.12. The topological polar surface area (TPSA) is 44.5 Å². The zero-order chi connectivity index (χ0) is 14.4. The van der Waals surface area contributed by atoms with Gasteiger partial charge in [0.25, 0.3) is 0 Å². The smallest absolute Gasteiger partial charge is 0.175 e. The number of hydrogen-bond acceptors (Lipinski definition) is 3. The number of rotatable bonds is 6. The minimum atomic E-state index is 0.642. The molecule has 0 aromatic heterocycles. The first-order chi connectivity index (χ1) is 9.70. The fourth-order valence-electron chi connectivity index (χ4n) is 1.92. The van der Waals surface area contributed by atoms with Crippen LogP contribution in [0.4, 0.5) is 5.69 Å². The van der Waals surface area contributed by atoms with Gasteiger partial charge in [-0.1, -0.05) is 18.2 Å². The van der Waals surface area contributed by atoms with Gasteiger partial charge in [-0.15, -0.1) is 0 Å². The second-order valence-corrected chi connectivity index (χ2v) is 5.32. The van der Waals surface area contributed by atoms with Crippen LogP contribution in [-0.2, 0) is 6.42 Å². The molecule has 2 aromatic carbocycles. The Hall–Kier alpha value is -1.68. The molecule has 3 nitrogen and oxygen atoms in total. The highest BCUT2D eigenvalue weighted by Crippen LogP contribution is 2.34. The molecule has 0 unspecified atom stereocenters. The summed E-state index contributed by atoms with van der Waals surface area (Å²) >= 11 is 3.47. The summed E-state index contributed by atoms with van der Waals surface area (Å²) in [7, 11) is 1.64. The predicted molar refractivity (Wildman–Crippen MR) is 85.4 cm³/mol. The quantitative estimate of drug-likeness (QED) is 0.639. The van der Waals surface area contributed by atoms with E-state index < -0.39 is 0 Å². The molecule has 0 saturated heterocycles. The molecule has 20 heavy (non-hydrogen) atoms. The lowest BCUT2D eigenvalue weighted by atomic mass is 10.1. The molecule has 0 bridgehead atoms. The Labute approximate surface area is 127 Å². The Bertz CT molecular complexity index is 555. The SMILES string of the molecule is COc1cccc(Br)c1OCCCc1ccc(N)cc1. The summed E-state index contributed by atoms with van der Waals surface area (Å²) in [5.74, 6) is 1.50. The molecule has 4 heteroatoms. The van der Waals surface area contributed by atoms with E-state index in [1.54, 1.807) is 7.11 Å². The van der Waals surface area contributed by atoms with Gasteiger partial charge in [-0.2, -0.15) is 0 Å². The van der Waals surface area contributed by atoms with Gasteiger partial charge in [0.2, 0.25) is 0 Å². The van der Waals surface area contributed by atoms with Crippen molar-refractivity contribution in [3.63, 3.8) is 0 Å². The largest absolute Gasteiger partial charge is 0.493 e. The van der Waals surface area contributed by atoms with Crippen molar-refractivity contribution in [2.45, 2.75) is 12.8 Å². The third kappa shape index (κ3) is 3.90. The van der Waals surface area contributed by atoms with Crippen LogP contribution in [0.5, 0.6) is 11.5 Å². The lowest BCUT2D eigenvalue weighted by Crippen LogP contribution is -2.01. The standard InChI is InChI=1S/C16H18BrNO2/c1-19-15-6-2-5-14(17)16(15)20-11-3-4-12-7-9-13(18)10-8-12/h2,5-10H,3-4,11,18H2,1H3. The number of para-hydroxylation sites is 1. The number of methoxy groups -OCH3 is 1. The Kier molecular flexibility index (Phi) is 5.30. The highest BCUT2D eigenvalue weighted by atomic mass is 79.9. The van der Waals surface area contributed by atoms with Gasteiger partial charge in [-0.05, 0) is 58.6 Å². The predicted octanol–water partition coefficient (Wildman–Crippen LogP) is 4.05. The summed E-state index contributed by atoms with van der Waals surface area (Å²) in [5.41, 5.74) is 7.72. The second kappa shape index (κ2) is 7.20. The second-order valence-electron chi connectivity index (χ2n) is 4.46. The number of anilines is 1. The molecule has 0 fully saturated rings. The van der Waals surface area contributed by atoms with Crippen molar-refractivity contribution < 1.29 is 9.47 Å². The van der Waals surface area contributed by atoms with Gasteiger partial charge in [-0.25, -0.2) is 0 Å². The number of nitrogens with two attached hydrogens (primary N) is 1. The van der Waals surface area contributed by atoms with E-state index in [1.165, 1.54) is 5.56 Å². The highest BCUT2D eigenvalue weighted by molar-refractivity contribution is 9.10. The van der Waals surface area contributed by atoms with Crippen LogP contribution in [0.3, 0.4) is 0 Å². The van der Waals surface area contributed by atoms with Gasteiger partial charge in [0.15, 0.2) is 11.5 Å². The Morgan fingerprint density at radius 3 is 2.55 bits per heavy atom. The van der Waals surface area contributed by atoms with E-state index in [0.29, 0.717) is 6.61 Å². The first-order valence-corrected chi connectivity index (χ1v) is 7.29. The number of benzene rings is 2. The number of ether oxygens (including phenoxy) is 2. The van der Waals surface area contributed by atoms with E-state index in [0.717, 1.165) is 34.5 Å². The van der Waals surface area contributed by atoms with Crippen LogP contribution >= 0.6 is 15.9 Å². The van der Waals surface area contributed by atoms with E-state index in [1.807, 2.05) is 42.5 Å². The molecule has 0 saturated carbocycles. The monoisotopic (exact) mass is 335 g/mol. The van der Waals surface area contributed by atoms with Crippen LogP contribution in [0.15, 0.2) is 46.9 Å². The maximum atomic E-state index is 5.81. The highest BCUT2D eigenvalue weighted by Gasteiger charge is 2.08. The van der Waals surface area contributed by atoms with Crippen LogP contribution in [-0.4, -0.2) is 13.7 Å². The molecular weight excluding hydrogens is 318 g/mol. The zero-order valence-electron chi connectivity index (χ0n) is 11.4. The van der Waals surface area contributed by atoms with Gasteiger partial charge < -0.3 is 15.2 Å². The van der Waals surface area contributed by atoms with Crippen molar-refractivity contribution in [1.29, 1.82) is 0 Å². The minimum Gasteiger partial charge on any atom is -0.493 e. The zero-order valence-corrected chi connectivity index (χ0v) is 13.0. The van der Waals surface area contributed by atoms with E-state index in [-0.39, 0.29) is 0 Å². The van der Waals surface area contributed by atoms with Crippen LogP contribution in [0.1, 0.15) is 12.0 Å². The average Bonchev–Trinajstić information content (AvgIpc) is 2.46. The first kappa shape index (κ1) is 14.7. The van der Waals surface area contributed by atoms with Crippen LogP contribution in [0.2, 0.25) is 0 Å². The summed E-state index contributed by atoms with van der Waals surface area (Å²) < 4.78 is 12.0. The lowest BCUT2D eigenvalue weighted by molar-refractivity contribution is 0.287. The summed E-state index contributed by atoms with van der Waals surface area (Å²) in [4.78, 5) is 0. The maximum absolute atomic E-state index is 5.81. The summed E-state index contributed by atoms with van der Waals surface area (Å²) in [6.45, 7) is 0.642. The molecule has 2 N–H and O–H groups in total. The molecule has 106 valence electrons. The molecule has 2 aromatic rings. The number of nitrogen functional groups attached to an aromatic ring is 1. The van der Waals surface area contributed by atoms with Crippen molar-refractivity contribution in [3.05, 3.63) is 52.5 Å².